The first-order chi connectivity index (χ1) is 8.04. The van der Waals surface area contributed by atoms with Gasteiger partial charge in [-0.15, -0.1) is 6.58 Å². The first-order valence-corrected chi connectivity index (χ1v) is 5.77. The molecule has 92 valence electrons. The molecule has 0 unspecified atom stereocenters. The van der Waals surface area contributed by atoms with Gasteiger partial charge in [0, 0.05) is 12.2 Å². The summed E-state index contributed by atoms with van der Waals surface area (Å²) in [7, 11) is 0. The number of hydrogen-bond donors (Lipinski definition) is 2. The van der Waals surface area contributed by atoms with Gasteiger partial charge in [0.15, 0.2) is 0 Å². The van der Waals surface area contributed by atoms with Crippen molar-refractivity contribution in [3.05, 3.63) is 42.0 Å². The molecule has 0 heterocycles. The molecular formula is C14H20N2O. The molecule has 1 atom stereocenters. The van der Waals surface area contributed by atoms with Gasteiger partial charge in [-0.1, -0.05) is 12.1 Å². The van der Waals surface area contributed by atoms with Crippen LogP contribution in [0.4, 0.5) is 5.69 Å². The van der Waals surface area contributed by atoms with Crippen LogP contribution in [0, 0.1) is 13.8 Å². The van der Waals surface area contributed by atoms with Crippen LogP contribution in [0.2, 0.25) is 0 Å². The summed E-state index contributed by atoms with van der Waals surface area (Å²) in [5.74, 6) is -0.0249. The van der Waals surface area contributed by atoms with Crippen LogP contribution in [0.5, 0.6) is 0 Å². The monoisotopic (exact) mass is 232 g/mol. The Bertz CT molecular complexity index is 413. The van der Waals surface area contributed by atoms with Gasteiger partial charge in [0.05, 0.1) is 0 Å². The molecule has 0 aliphatic rings. The average molecular weight is 232 g/mol. The van der Waals surface area contributed by atoms with Gasteiger partial charge >= 0.3 is 0 Å². The van der Waals surface area contributed by atoms with E-state index in [0.29, 0.717) is 6.54 Å². The fourth-order valence-electron chi connectivity index (χ4n) is 1.47. The van der Waals surface area contributed by atoms with Gasteiger partial charge in [0.2, 0.25) is 5.91 Å². The lowest BCUT2D eigenvalue weighted by Gasteiger charge is -2.15. The van der Waals surface area contributed by atoms with Crippen molar-refractivity contribution in [2.24, 2.45) is 0 Å². The van der Waals surface area contributed by atoms with Crippen molar-refractivity contribution in [1.82, 2.24) is 5.32 Å². The second-order valence-electron chi connectivity index (χ2n) is 4.20. The third-order valence-electron chi connectivity index (χ3n) is 2.70. The SMILES string of the molecule is C=CCNC(=O)[C@H](C)Nc1ccc(C)c(C)c1. The van der Waals surface area contributed by atoms with Gasteiger partial charge in [-0.25, -0.2) is 0 Å². The number of benzene rings is 1. The van der Waals surface area contributed by atoms with E-state index < -0.39 is 0 Å². The molecule has 2 N–H and O–H groups in total. The zero-order valence-corrected chi connectivity index (χ0v) is 10.7. The molecule has 0 spiro atoms. The molecule has 0 saturated heterocycles. The molecule has 1 amide bonds. The fraction of sp³-hybridized carbons (Fsp3) is 0.357. The van der Waals surface area contributed by atoms with Gasteiger partial charge in [-0.3, -0.25) is 4.79 Å². The summed E-state index contributed by atoms with van der Waals surface area (Å²) in [6.45, 7) is 10.0. The normalized spacial score (nSPS) is 11.7. The van der Waals surface area contributed by atoms with Gasteiger partial charge in [-0.2, -0.15) is 0 Å². The zero-order chi connectivity index (χ0) is 12.8. The van der Waals surface area contributed by atoms with Crippen molar-refractivity contribution in [2.75, 3.05) is 11.9 Å². The number of aryl methyl sites for hydroxylation is 2. The summed E-state index contributed by atoms with van der Waals surface area (Å²) >= 11 is 0. The van der Waals surface area contributed by atoms with E-state index in [2.05, 4.69) is 31.1 Å². The molecule has 0 fully saturated rings. The van der Waals surface area contributed by atoms with Crippen LogP contribution in [0.3, 0.4) is 0 Å². The smallest absolute Gasteiger partial charge is 0.242 e. The Balaban J connectivity index is 2.61. The molecule has 0 bridgehead atoms. The summed E-state index contributed by atoms with van der Waals surface area (Å²) in [4.78, 5) is 11.6. The van der Waals surface area contributed by atoms with E-state index >= 15 is 0 Å². The second kappa shape index (κ2) is 6.09. The Morgan fingerprint density at radius 2 is 2.12 bits per heavy atom. The lowest BCUT2D eigenvalue weighted by Crippen LogP contribution is -2.37. The van der Waals surface area contributed by atoms with Crippen LogP contribution in [0.1, 0.15) is 18.1 Å². The summed E-state index contributed by atoms with van der Waals surface area (Å²) in [6.07, 6.45) is 1.67. The molecule has 1 aromatic rings. The van der Waals surface area contributed by atoms with Crippen molar-refractivity contribution >= 4 is 11.6 Å². The Kier molecular flexibility index (Phi) is 4.76. The Morgan fingerprint density at radius 3 is 2.71 bits per heavy atom. The quantitative estimate of drug-likeness (QED) is 0.765. The molecule has 0 saturated carbocycles. The van der Waals surface area contributed by atoms with Crippen molar-refractivity contribution in [2.45, 2.75) is 26.8 Å². The molecule has 0 aliphatic carbocycles. The largest absolute Gasteiger partial charge is 0.374 e. The highest BCUT2D eigenvalue weighted by Crippen LogP contribution is 2.14. The molecule has 3 heteroatoms. The summed E-state index contributed by atoms with van der Waals surface area (Å²) in [5.41, 5.74) is 3.43. The first-order valence-electron chi connectivity index (χ1n) is 5.77. The van der Waals surface area contributed by atoms with E-state index in [4.69, 9.17) is 0 Å². The van der Waals surface area contributed by atoms with Crippen LogP contribution >= 0.6 is 0 Å². The molecular weight excluding hydrogens is 212 g/mol. The van der Waals surface area contributed by atoms with E-state index in [0.717, 1.165) is 5.69 Å². The molecule has 17 heavy (non-hydrogen) atoms. The summed E-state index contributed by atoms with van der Waals surface area (Å²) in [5, 5.41) is 5.93. The van der Waals surface area contributed by atoms with Crippen molar-refractivity contribution in [3.63, 3.8) is 0 Å². The lowest BCUT2D eigenvalue weighted by molar-refractivity contribution is -0.121. The number of nitrogens with one attached hydrogen (secondary N) is 2. The Morgan fingerprint density at radius 1 is 1.41 bits per heavy atom. The average Bonchev–Trinajstić information content (AvgIpc) is 2.30. The highest BCUT2D eigenvalue weighted by molar-refractivity contribution is 5.84. The summed E-state index contributed by atoms with van der Waals surface area (Å²) < 4.78 is 0. The Labute approximate surface area is 103 Å². The van der Waals surface area contributed by atoms with Gasteiger partial charge in [0.25, 0.3) is 0 Å². The number of carbonyl (C=O) groups is 1. The van der Waals surface area contributed by atoms with Crippen molar-refractivity contribution in [1.29, 1.82) is 0 Å². The molecule has 1 aromatic carbocycles. The predicted molar refractivity (Wildman–Crippen MR) is 72.2 cm³/mol. The van der Waals surface area contributed by atoms with E-state index in [1.807, 2.05) is 25.1 Å². The van der Waals surface area contributed by atoms with Gasteiger partial charge < -0.3 is 10.6 Å². The molecule has 0 radical (unpaired) electrons. The molecule has 0 aliphatic heterocycles. The highest BCUT2D eigenvalue weighted by atomic mass is 16.2. The maximum atomic E-state index is 11.6. The van der Waals surface area contributed by atoms with E-state index in [-0.39, 0.29) is 11.9 Å². The Hall–Kier alpha value is -1.77. The maximum Gasteiger partial charge on any atom is 0.242 e. The lowest BCUT2D eigenvalue weighted by atomic mass is 10.1. The number of hydrogen-bond acceptors (Lipinski definition) is 2. The zero-order valence-electron chi connectivity index (χ0n) is 10.7. The van der Waals surface area contributed by atoms with E-state index in [1.54, 1.807) is 6.08 Å². The number of anilines is 1. The molecule has 0 aromatic heterocycles. The van der Waals surface area contributed by atoms with Crippen LogP contribution in [0.25, 0.3) is 0 Å². The third kappa shape index (κ3) is 3.94. The van der Waals surface area contributed by atoms with E-state index in [1.165, 1.54) is 11.1 Å². The second-order valence-corrected chi connectivity index (χ2v) is 4.20. The molecule has 3 nitrogen and oxygen atoms in total. The minimum atomic E-state index is -0.253. The third-order valence-corrected chi connectivity index (χ3v) is 2.70. The predicted octanol–water partition coefficient (Wildman–Crippen LogP) is 2.41. The maximum absolute atomic E-state index is 11.6. The first kappa shape index (κ1) is 13.3. The van der Waals surface area contributed by atoms with Crippen LogP contribution in [-0.2, 0) is 4.79 Å². The molecule has 1 rings (SSSR count). The minimum absolute atomic E-state index is 0.0249. The highest BCUT2D eigenvalue weighted by Gasteiger charge is 2.11. The fourth-order valence-corrected chi connectivity index (χ4v) is 1.47. The summed E-state index contributed by atoms with van der Waals surface area (Å²) in [6, 6.07) is 5.83. The number of amides is 1. The van der Waals surface area contributed by atoms with Crippen LogP contribution in [-0.4, -0.2) is 18.5 Å². The van der Waals surface area contributed by atoms with Crippen LogP contribution < -0.4 is 10.6 Å². The number of rotatable bonds is 5. The van der Waals surface area contributed by atoms with Crippen molar-refractivity contribution in [3.8, 4) is 0 Å². The van der Waals surface area contributed by atoms with E-state index in [9.17, 15) is 4.79 Å². The van der Waals surface area contributed by atoms with Gasteiger partial charge in [-0.05, 0) is 44.0 Å². The van der Waals surface area contributed by atoms with Crippen molar-refractivity contribution < 1.29 is 4.79 Å². The standard InChI is InChI=1S/C14H20N2O/c1-5-8-15-14(17)12(4)16-13-7-6-10(2)11(3)9-13/h5-7,9,12,16H,1,8H2,2-4H3,(H,15,17)/t12-/m0/s1. The minimum Gasteiger partial charge on any atom is -0.374 e. The number of carbonyl (C=O) groups excluding carboxylic acids is 1. The van der Waals surface area contributed by atoms with Crippen LogP contribution in [0.15, 0.2) is 30.9 Å². The van der Waals surface area contributed by atoms with Gasteiger partial charge in [0.1, 0.15) is 6.04 Å². The topological polar surface area (TPSA) is 41.1 Å².